The fourth-order valence-electron chi connectivity index (χ4n) is 1.93. The van der Waals surface area contributed by atoms with E-state index in [1.165, 1.54) is 6.92 Å². The zero-order chi connectivity index (χ0) is 18.5. The topological polar surface area (TPSA) is 36.7 Å². The number of hydrogen-bond donors (Lipinski definition) is 1. The molecule has 1 aromatic carbocycles. The van der Waals surface area contributed by atoms with Crippen molar-refractivity contribution >= 4 is 17.3 Å². The molecule has 0 saturated heterocycles. The summed E-state index contributed by atoms with van der Waals surface area (Å²) < 4.78 is 76.8. The van der Waals surface area contributed by atoms with Crippen LogP contribution < -0.4 is 10.2 Å². The maximum Gasteiger partial charge on any atom is 0.407 e. The standard InChI is InChI=1S/C14H13F6N3O/c1-9(24)22-5-6-23(8-13(15,16)17)10-3-4-12(21-2)11(7-10)14(18,19)20/h3-4,7H,5-6,8H2,1H3,(H,22,24). The third-order valence-electron chi connectivity index (χ3n) is 2.90. The minimum atomic E-state index is -4.86. The van der Waals surface area contributed by atoms with Gasteiger partial charge in [-0.2, -0.15) is 26.3 Å². The van der Waals surface area contributed by atoms with E-state index in [-0.39, 0.29) is 18.8 Å². The van der Waals surface area contributed by atoms with Gasteiger partial charge in [0.25, 0.3) is 0 Å². The Kier molecular flexibility index (Phi) is 6.06. The maximum absolute atomic E-state index is 12.9. The molecule has 132 valence electrons. The van der Waals surface area contributed by atoms with Gasteiger partial charge in [0.1, 0.15) is 6.54 Å². The molecule has 0 bridgehead atoms. The average Bonchev–Trinajstić information content (AvgIpc) is 2.43. The first-order valence-corrected chi connectivity index (χ1v) is 6.59. The minimum absolute atomic E-state index is 0.169. The summed E-state index contributed by atoms with van der Waals surface area (Å²) in [6.07, 6.45) is -9.51. The number of rotatable bonds is 5. The highest BCUT2D eigenvalue weighted by Crippen LogP contribution is 2.39. The third-order valence-corrected chi connectivity index (χ3v) is 2.90. The van der Waals surface area contributed by atoms with Crippen LogP contribution in [0.15, 0.2) is 18.2 Å². The fraction of sp³-hybridized carbons (Fsp3) is 0.429. The van der Waals surface area contributed by atoms with Crippen LogP contribution in [0.2, 0.25) is 0 Å². The number of carbonyl (C=O) groups excluding carboxylic acids is 1. The van der Waals surface area contributed by atoms with Gasteiger partial charge in [0.15, 0.2) is 5.69 Å². The summed E-state index contributed by atoms with van der Waals surface area (Å²) in [7, 11) is 0. The molecule has 10 heteroatoms. The van der Waals surface area contributed by atoms with Crippen molar-refractivity contribution in [3.05, 3.63) is 35.2 Å². The largest absolute Gasteiger partial charge is 0.407 e. The molecule has 0 aliphatic heterocycles. The summed E-state index contributed by atoms with van der Waals surface area (Å²) >= 11 is 0. The fourth-order valence-corrected chi connectivity index (χ4v) is 1.93. The lowest BCUT2D eigenvalue weighted by Gasteiger charge is -2.27. The molecule has 0 aliphatic rings. The van der Waals surface area contributed by atoms with Gasteiger partial charge in [-0.3, -0.25) is 4.79 Å². The summed E-state index contributed by atoms with van der Waals surface area (Å²) in [6, 6.07) is 2.35. The average molecular weight is 353 g/mol. The molecule has 0 atom stereocenters. The SMILES string of the molecule is [C-]#[N+]c1ccc(N(CCNC(C)=O)CC(F)(F)F)cc1C(F)(F)F. The van der Waals surface area contributed by atoms with Gasteiger partial charge in [-0.1, -0.05) is 6.07 Å². The normalized spacial score (nSPS) is 11.8. The first-order valence-electron chi connectivity index (χ1n) is 6.59. The van der Waals surface area contributed by atoms with E-state index in [4.69, 9.17) is 6.57 Å². The van der Waals surface area contributed by atoms with Gasteiger partial charge < -0.3 is 10.2 Å². The summed E-state index contributed by atoms with van der Waals surface area (Å²) in [5.41, 5.74) is -2.33. The van der Waals surface area contributed by atoms with Crippen molar-refractivity contribution < 1.29 is 31.1 Å². The van der Waals surface area contributed by atoms with Gasteiger partial charge >= 0.3 is 12.4 Å². The molecule has 1 aromatic rings. The van der Waals surface area contributed by atoms with Gasteiger partial charge in [0, 0.05) is 25.7 Å². The molecular formula is C14H13F6N3O. The minimum Gasteiger partial charge on any atom is -0.361 e. The molecule has 0 fully saturated rings. The van der Waals surface area contributed by atoms with Gasteiger partial charge in [-0.25, -0.2) is 4.85 Å². The van der Waals surface area contributed by atoms with Crippen molar-refractivity contribution in [3.8, 4) is 0 Å². The van der Waals surface area contributed by atoms with Crippen molar-refractivity contribution in [1.29, 1.82) is 0 Å². The molecule has 0 aliphatic carbocycles. The van der Waals surface area contributed by atoms with Gasteiger partial charge in [-0.05, 0) is 12.1 Å². The van der Waals surface area contributed by atoms with Crippen molar-refractivity contribution in [2.45, 2.75) is 19.3 Å². The Bertz CT molecular complexity index is 633. The second-order valence-electron chi connectivity index (χ2n) is 4.83. The molecule has 0 radical (unpaired) electrons. The number of carbonyl (C=O) groups is 1. The van der Waals surface area contributed by atoms with Crippen LogP contribution in [0.1, 0.15) is 12.5 Å². The van der Waals surface area contributed by atoms with E-state index in [1.807, 2.05) is 0 Å². The number of benzene rings is 1. The second kappa shape index (κ2) is 7.42. The number of halogens is 6. The van der Waals surface area contributed by atoms with Gasteiger partial charge in [0.05, 0.1) is 12.1 Å². The predicted octanol–water partition coefficient (Wildman–Crippen LogP) is 3.76. The highest BCUT2D eigenvalue weighted by Gasteiger charge is 2.35. The van der Waals surface area contributed by atoms with E-state index in [0.717, 1.165) is 12.1 Å². The molecule has 1 N–H and O–H groups in total. The Hall–Kier alpha value is -2.44. The van der Waals surface area contributed by atoms with Crippen LogP contribution in [0.4, 0.5) is 37.7 Å². The van der Waals surface area contributed by atoms with Crippen LogP contribution in [0.5, 0.6) is 0 Å². The number of amides is 1. The zero-order valence-corrected chi connectivity index (χ0v) is 12.4. The number of alkyl halides is 6. The van der Waals surface area contributed by atoms with Crippen molar-refractivity contribution in [3.63, 3.8) is 0 Å². The Balaban J connectivity index is 3.17. The summed E-state index contributed by atoms with van der Waals surface area (Å²) in [5.74, 6) is -0.471. The maximum atomic E-state index is 12.9. The lowest BCUT2D eigenvalue weighted by atomic mass is 10.1. The molecule has 4 nitrogen and oxygen atoms in total. The number of nitrogens with zero attached hydrogens (tertiary/aromatic N) is 2. The van der Waals surface area contributed by atoms with Crippen LogP contribution in [0.3, 0.4) is 0 Å². The number of hydrogen-bond acceptors (Lipinski definition) is 2. The lowest BCUT2D eigenvalue weighted by molar-refractivity contribution is -0.136. The predicted molar refractivity (Wildman–Crippen MR) is 74.7 cm³/mol. The van der Waals surface area contributed by atoms with Gasteiger partial charge in [0.2, 0.25) is 5.91 Å². The van der Waals surface area contributed by atoms with E-state index in [0.29, 0.717) is 11.0 Å². The van der Waals surface area contributed by atoms with Crippen LogP contribution in [0.25, 0.3) is 4.85 Å². The van der Waals surface area contributed by atoms with Crippen molar-refractivity contribution in [2.24, 2.45) is 0 Å². The molecule has 0 heterocycles. The van der Waals surface area contributed by atoms with E-state index >= 15 is 0 Å². The lowest BCUT2D eigenvalue weighted by Crippen LogP contribution is -2.39. The van der Waals surface area contributed by atoms with Crippen molar-refractivity contribution in [1.82, 2.24) is 5.32 Å². The Labute approximate surface area is 133 Å². The Morgan fingerprint density at radius 1 is 1.25 bits per heavy atom. The second-order valence-corrected chi connectivity index (χ2v) is 4.83. The third kappa shape index (κ3) is 5.98. The first kappa shape index (κ1) is 19.6. The Morgan fingerprint density at radius 3 is 2.33 bits per heavy atom. The zero-order valence-electron chi connectivity index (χ0n) is 12.4. The van der Waals surface area contributed by atoms with E-state index in [9.17, 15) is 31.1 Å². The number of nitrogens with one attached hydrogen (secondary N) is 1. The van der Waals surface area contributed by atoms with Crippen LogP contribution in [-0.4, -0.2) is 31.7 Å². The van der Waals surface area contributed by atoms with E-state index < -0.39 is 36.1 Å². The van der Waals surface area contributed by atoms with E-state index in [1.54, 1.807) is 0 Å². The molecule has 1 rings (SSSR count). The molecule has 0 spiro atoms. The van der Waals surface area contributed by atoms with Crippen LogP contribution in [0, 0.1) is 6.57 Å². The first-order chi connectivity index (χ1) is 10.9. The molecule has 0 unspecified atom stereocenters. The quantitative estimate of drug-likeness (QED) is 0.646. The van der Waals surface area contributed by atoms with Gasteiger partial charge in [-0.15, -0.1) is 0 Å². The Morgan fingerprint density at radius 2 is 1.88 bits per heavy atom. The summed E-state index contributed by atoms with van der Waals surface area (Å²) in [6.45, 7) is 5.90. The highest BCUT2D eigenvalue weighted by atomic mass is 19.4. The van der Waals surface area contributed by atoms with Crippen LogP contribution >= 0.6 is 0 Å². The molecular weight excluding hydrogens is 340 g/mol. The summed E-state index contributed by atoms with van der Waals surface area (Å²) in [5, 5.41) is 2.28. The molecule has 0 saturated carbocycles. The van der Waals surface area contributed by atoms with Crippen molar-refractivity contribution in [2.75, 3.05) is 24.5 Å². The molecule has 24 heavy (non-hydrogen) atoms. The highest BCUT2D eigenvalue weighted by molar-refractivity contribution is 5.72. The van der Waals surface area contributed by atoms with E-state index in [2.05, 4.69) is 10.2 Å². The molecule has 1 amide bonds. The smallest absolute Gasteiger partial charge is 0.361 e. The number of anilines is 1. The summed E-state index contributed by atoms with van der Waals surface area (Å²) in [4.78, 5) is 14.2. The molecule has 0 aromatic heterocycles. The monoisotopic (exact) mass is 353 g/mol. The van der Waals surface area contributed by atoms with Crippen LogP contribution in [-0.2, 0) is 11.0 Å².